The van der Waals surface area contributed by atoms with Gasteiger partial charge in [0.2, 0.25) is 6.79 Å². The van der Waals surface area contributed by atoms with Crippen LogP contribution in [0.4, 0.5) is 11.4 Å². The molecule has 0 saturated heterocycles. The molecule has 3 aromatic rings. The summed E-state index contributed by atoms with van der Waals surface area (Å²) in [6.45, 7) is 2.06. The van der Waals surface area contributed by atoms with Crippen molar-refractivity contribution in [1.29, 1.82) is 0 Å². The number of amides is 3. The lowest BCUT2D eigenvalue weighted by atomic mass is 10.1. The molecule has 0 radical (unpaired) electrons. The van der Waals surface area contributed by atoms with Gasteiger partial charge in [0.1, 0.15) is 0 Å². The standard InChI is InChI=1S/C24H20N4O5/c1-15-5-4-6-17(11-15)26-22(29)18-7-2-3-8-19(18)27-23(30)24(31)28-25-13-16-9-10-20-21(12-16)33-14-32-20/h2-13H,14H2,1H3,(H,26,29)(H,27,30)(H,28,31)/b25-13+. The van der Waals surface area contributed by atoms with Crippen LogP contribution in [0, 0.1) is 6.92 Å². The molecule has 33 heavy (non-hydrogen) atoms. The molecule has 0 bridgehead atoms. The Morgan fingerprint density at radius 1 is 0.879 bits per heavy atom. The number of nitrogens with one attached hydrogen (secondary N) is 3. The molecule has 3 amide bonds. The minimum atomic E-state index is -0.985. The topological polar surface area (TPSA) is 118 Å². The maximum atomic E-state index is 12.7. The van der Waals surface area contributed by atoms with Crippen LogP contribution in [-0.4, -0.2) is 30.7 Å². The summed E-state index contributed by atoms with van der Waals surface area (Å²) >= 11 is 0. The van der Waals surface area contributed by atoms with Crippen LogP contribution in [-0.2, 0) is 9.59 Å². The van der Waals surface area contributed by atoms with Gasteiger partial charge < -0.3 is 20.1 Å². The van der Waals surface area contributed by atoms with Crippen molar-refractivity contribution < 1.29 is 23.9 Å². The Kier molecular flexibility index (Phi) is 6.31. The molecule has 4 rings (SSSR count). The quantitative estimate of drug-likeness (QED) is 0.318. The summed E-state index contributed by atoms with van der Waals surface area (Å²) < 4.78 is 10.5. The van der Waals surface area contributed by atoms with Gasteiger partial charge in [-0.2, -0.15) is 5.10 Å². The highest BCUT2D eigenvalue weighted by Gasteiger charge is 2.18. The van der Waals surface area contributed by atoms with Gasteiger partial charge in [-0.1, -0.05) is 24.3 Å². The summed E-state index contributed by atoms with van der Waals surface area (Å²) in [6.07, 6.45) is 1.37. The number of carbonyl (C=O) groups is 3. The third-order valence-corrected chi connectivity index (χ3v) is 4.68. The molecule has 1 aliphatic heterocycles. The van der Waals surface area contributed by atoms with Crippen LogP contribution in [0.2, 0.25) is 0 Å². The van der Waals surface area contributed by atoms with E-state index in [1.54, 1.807) is 42.5 Å². The van der Waals surface area contributed by atoms with Crippen LogP contribution in [0.5, 0.6) is 11.5 Å². The predicted octanol–water partition coefficient (Wildman–Crippen LogP) is 3.06. The molecule has 0 saturated carbocycles. The fraction of sp³-hybridized carbons (Fsp3) is 0.0833. The van der Waals surface area contributed by atoms with Crippen molar-refractivity contribution >= 4 is 35.3 Å². The second kappa shape index (κ2) is 9.65. The number of carbonyl (C=O) groups excluding carboxylic acids is 3. The van der Waals surface area contributed by atoms with E-state index in [1.807, 2.05) is 25.1 Å². The molecular weight excluding hydrogens is 424 g/mol. The van der Waals surface area contributed by atoms with E-state index in [9.17, 15) is 14.4 Å². The number of para-hydroxylation sites is 1. The van der Waals surface area contributed by atoms with Crippen LogP contribution < -0.4 is 25.5 Å². The van der Waals surface area contributed by atoms with Gasteiger partial charge in [0.05, 0.1) is 17.5 Å². The Labute approximate surface area is 189 Å². The number of rotatable bonds is 5. The van der Waals surface area contributed by atoms with E-state index in [0.717, 1.165) is 5.56 Å². The Bertz CT molecular complexity index is 1260. The van der Waals surface area contributed by atoms with Gasteiger partial charge in [0, 0.05) is 5.69 Å². The smallest absolute Gasteiger partial charge is 0.329 e. The Hall–Kier alpha value is -4.66. The van der Waals surface area contributed by atoms with Crippen LogP contribution in [0.3, 0.4) is 0 Å². The molecule has 3 aromatic carbocycles. The molecule has 0 aromatic heterocycles. The fourth-order valence-electron chi connectivity index (χ4n) is 3.10. The molecule has 9 heteroatoms. The largest absolute Gasteiger partial charge is 0.454 e. The van der Waals surface area contributed by atoms with Crippen LogP contribution in [0.1, 0.15) is 21.5 Å². The summed E-state index contributed by atoms with van der Waals surface area (Å²) in [7, 11) is 0. The van der Waals surface area contributed by atoms with Gasteiger partial charge in [-0.3, -0.25) is 14.4 Å². The zero-order chi connectivity index (χ0) is 23.2. The van der Waals surface area contributed by atoms with Crippen LogP contribution in [0.25, 0.3) is 0 Å². The van der Waals surface area contributed by atoms with Crippen molar-refractivity contribution in [3.8, 4) is 11.5 Å². The minimum absolute atomic E-state index is 0.150. The second-order valence-corrected chi connectivity index (χ2v) is 7.14. The third kappa shape index (κ3) is 5.34. The summed E-state index contributed by atoms with van der Waals surface area (Å²) in [5.74, 6) is -1.17. The van der Waals surface area contributed by atoms with E-state index in [-0.39, 0.29) is 18.0 Å². The van der Waals surface area contributed by atoms with Crippen LogP contribution in [0.15, 0.2) is 71.8 Å². The first-order chi connectivity index (χ1) is 16.0. The molecule has 166 valence electrons. The molecule has 0 spiro atoms. The van der Waals surface area contributed by atoms with Gasteiger partial charge in [0.25, 0.3) is 5.91 Å². The Morgan fingerprint density at radius 2 is 1.70 bits per heavy atom. The predicted molar refractivity (Wildman–Crippen MR) is 123 cm³/mol. The fourth-order valence-corrected chi connectivity index (χ4v) is 3.10. The Morgan fingerprint density at radius 3 is 2.55 bits per heavy atom. The van der Waals surface area contributed by atoms with Crippen molar-refractivity contribution in [2.45, 2.75) is 6.92 Å². The van der Waals surface area contributed by atoms with Gasteiger partial charge in [-0.05, 0) is 60.5 Å². The van der Waals surface area contributed by atoms with Gasteiger partial charge >= 0.3 is 11.8 Å². The van der Waals surface area contributed by atoms with Crippen molar-refractivity contribution in [3.05, 3.63) is 83.4 Å². The number of nitrogens with zero attached hydrogens (tertiary/aromatic N) is 1. The summed E-state index contributed by atoms with van der Waals surface area (Å²) in [6, 6.07) is 18.9. The number of hydrazone groups is 1. The molecule has 1 aliphatic rings. The maximum absolute atomic E-state index is 12.7. The highest BCUT2D eigenvalue weighted by atomic mass is 16.7. The van der Waals surface area contributed by atoms with Crippen LogP contribution >= 0.6 is 0 Å². The lowest BCUT2D eigenvalue weighted by Gasteiger charge is -2.11. The van der Waals surface area contributed by atoms with E-state index in [0.29, 0.717) is 22.7 Å². The molecule has 1 heterocycles. The van der Waals surface area contributed by atoms with E-state index >= 15 is 0 Å². The normalized spacial score (nSPS) is 11.8. The first kappa shape index (κ1) is 21.6. The number of aryl methyl sites for hydroxylation is 1. The third-order valence-electron chi connectivity index (χ3n) is 4.68. The zero-order valence-electron chi connectivity index (χ0n) is 17.6. The van der Waals surface area contributed by atoms with Crippen molar-refractivity contribution in [1.82, 2.24) is 5.43 Å². The SMILES string of the molecule is Cc1cccc(NC(=O)c2ccccc2NC(=O)C(=O)N/N=C/c2ccc3c(c2)OCO3)c1. The first-order valence-electron chi connectivity index (χ1n) is 10.0. The van der Waals surface area contributed by atoms with Gasteiger partial charge in [-0.15, -0.1) is 0 Å². The van der Waals surface area contributed by atoms with E-state index in [1.165, 1.54) is 12.3 Å². The number of anilines is 2. The van der Waals surface area contributed by atoms with E-state index < -0.39 is 17.7 Å². The summed E-state index contributed by atoms with van der Waals surface area (Å²) in [5, 5.41) is 9.02. The minimum Gasteiger partial charge on any atom is -0.454 e. The lowest BCUT2D eigenvalue weighted by Crippen LogP contribution is -2.33. The second-order valence-electron chi connectivity index (χ2n) is 7.14. The molecular formula is C24H20N4O5. The molecule has 0 fully saturated rings. The monoisotopic (exact) mass is 444 g/mol. The highest BCUT2D eigenvalue weighted by molar-refractivity contribution is 6.40. The number of hydrogen-bond donors (Lipinski definition) is 3. The number of ether oxygens (including phenoxy) is 2. The molecule has 0 atom stereocenters. The first-order valence-corrected chi connectivity index (χ1v) is 10.0. The lowest BCUT2D eigenvalue weighted by molar-refractivity contribution is -0.136. The molecule has 3 N–H and O–H groups in total. The molecule has 0 aliphatic carbocycles. The zero-order valence-corrected chi connectivity index (χ0v) is 17.6. The van der Waals surface area contributed by atoms with Crippen molar-refractivity contribution in [2.24, 2.45) is 5.10 Å². The van der Waals surface area contributed by atoms with Crippen molar-refractivity contribution in [2.75, 3.05) is 17.4 Å². The van der Waals surface area contributed by atoms with E-state index in [2.05, 4.69) is 21.2 Å². The highest BCUT2D eigenvalue weighted by Crippen LogP contribution is 2.31. The Balaban J connectivity index is 1.38. The van der Waals surface area contributed by atoms with Gasteiger partial charge in [-0.25, -0.2) is 5.43 Å². The number of hydrogen-bond acceptors (Lipinski definition) is 6. The number of benzene rings is 3. The average Bonchev–Trinajstić information content (AvgIpc) is 3.27. The maximum Gasteiger partial charge on any atom is 0.329 e. The van der Waals surface area contributed by atoms with E-state index in [4.69, 9.17) is 9.47 Å². The molecule has 9 nitrogen and oxygen atoms in total. The van der Waals surface area contributed by atoms with Crippen molar-refractivity contribution in [3.63, 3.8) is 0 Å². The number of fused-ring (bicyclic) bond motifs is 1. The average molecular weight is 444 g/mol. The summed E-state index contributed by atoms with van der Waals surface area (Å²) in [5.41, 5.74) is 4.83. The summed E-state index contributed by atoms with van der Waals surface area (Å²) in [4.78, 5) is 37.2. The molecule has 0 unspecified atom stereocenters. The van der Waals surface area contributed by atoms with Gasteiger partial charge in [0.15, 0.2) is 11.5 Å².